The van der Waals surface area contributed by atoms with Gasteiger partial charge >= 0.3 is 6.18 Å². The SMILES string of the molecule is Cc1ccccc1CCN/C=C(/C#N)C(=O)Nc1ccc(Cl)c(C(F)(F)F)c1. The van der Waals surface area contributed by atoms with Gasteiger partial charge in [-0.1, -0.05) is 35.9 Å². The molecule has 0 aromatic heterocycles. The first-order valence-corrected chi connectivity index (χ1v) is 8.66. The average Bonchev–Trinajstić information content (AvgIpc) is 2.63. The van der Waals surface area contributed by atoms with Crippen LogP contribution in [0.3, 0.4) is 0 Å². The third-order valence-corrected chi connectivity index (χ3v) is 4.27. The van der Waals surface area contributed by atoms with Gasteiger partial charge in [0.15, 0.2) is 0 Å². The molecule has 0 radical (unpaired) electrons. The molecule has 28 heavy (non-hydrogen) atoms. The fraction of sp³-hybridized carbons (Fsp3) is 0.200. The molecule has 0 heterocycles. The molecule has 2 aromatic rings. The molecule has 0 fully saturated rings. The number of amides is 1. The van der Waals surface area contributed by atoms with E-state index in [9.17, 15) is 18.0 Å². The van der Waals surface area contributed by atoms with Gasteiger partial charge in [-0.25, -0.2) is 0 Å². The fourth-order valence-electron chi connectivity index (χ4n) is 2.44. The van der Waals surface area contributed by atoms with Crippen LogP contribution in [0.1, 0.15) is 16.7 Å². The van der Waals surface area contributed by atoms with Crippen LogP contribution in [0.25, 0.3) is 0 Å². The van der Waals surface area contributed by atoms with E-state index in [2.05, 4.69) is 10.6 Å². The Kier molecular flexibility index (Phi) is 7.07. The summed E-state index contributed by atoms with van der Waals surface area (Å²) in [6, 6.07) is 12.6. The number of hydrogen-bond donors (Lipinski definition) is 2. The van der Waals surface area contributed by atoms with Gasteiger partial charge in [-0.2, -0.15) is 18.4 Å². The number of aryl methyl sites for hydroxylation is 1. The number of nitriles is 1. The van der Waals surface area contributed by atoms with Gasteiger partial charge in [-0.15, -0.1) is 0 Å². The highest BCUT2D eigenvalue weighted by molar-refractivity contribution is 6.31. The Morgan fingerprint density at radius 1 is 1.25 bits per heavy atom. The van der Waals surface area contributed by atoms with Gasteiger partial charge in [0.25, 0.3) is 5.91 Å². The first-order chi connectivity index (χ1) is 13.2. The molecular weight excluding hydrogens is 391 g/mol. The van der Waals surface area contributed by atoms with E-state index in [4.69, 9.17) is 16.9 Å². The molecule has 146 valence electrons. The lowest BCUT2D eigenvalue weighted by Gasteiger charge is -2.11. The Hall–Kier alpha value is -2.98. The van der Waals surface area contributed by atoms with Gasteiger partial charge in [-0.05, 0) is 42.7 Å². The van der Waals surface area contributed by atoms with Crippen LogP contribution in [-0.2, 0) is 17.4 Å². The number of halogens is 4. The van der Waals surface area contributed by atoms with Crippen LogP contribution in [0.4, 0.5) is 18.9 Å². The molecule has 2 N–H and O–H groups in total. The monoisotopic (exact) mass is 407 g/mol. The molecule has 0 spiro atoms. The molecule has 0 aliphatic rings. The number of nitrogens with one attached hydrogen (secondary N) is 2. The van der Waals surface area contributed by atoms with E-state index in [-0.39, 0.29) is 11.3 Å². The second-order valence-electron chi connectivity index (χ2n) is 5.95. The molecule has 0 saturated heterocycles. The van der Waals surface area contributed by atoms with Crippen molar-refractivity contribution in [1.82, 2.24) is 5.32 Å². The zero-order valence-electron chi connectivity index (χ0n) is 14.9. The van der Waals surface area contributed by atoms with Gasteiger partial charge in [0.1, 0.15) is 11.6 Å². The third kappa shape index (κ3) is 5.76. The van der Waals surface area contributed by atoms with E-state index in [0.29, 0.717) is 13.0 Å². The summed E-state index contributed by atoms with van der Waals surface area (Å²) in [6.45, 7) is 2.48. The van der Waals surface area contributed by atoms with Crippen LogP contribution in [0.2, 0.25) is 5.02 Å². The summed E-state index contributed by atoms with van der Waals surface area (Å²) >= 11 is 5.55. The lowest BCUT2D eigenvalue weighted by atomic mass is 10.1. The second-order valence-corrected chi connectivity index (χ2v) is 6.35. The summed E-state index contributed by atoms with van der Waals surface area (Å²) in [5.74, 6) is -0.818. The van der Waals surface area contributed by atoms with E-state index in [1.165, 1.54) is 12.3 Å². The van der Waals surface area contributed by atoms with Crippen molar-refractivity contribution in [3.8, 4) is 6.07 Å². The fourth-order valence-corrected chi connectivity index (χ4v) is 2.66. The molecule has 2 aromatic carbocycles. The van der Waals surface area contributed by atoms with Crippen molar-refractivity contribution in [3.63, 3.8) is 0 Å². The minimum absolute atomic E-state index is 0.109. The number of hydrogen-bond acceptors (Lipinski definition) is 3. The lowest BCUT2D eigenvalue weighted by Crippen LogP contribution is -2.18. The minimum atomic E-state index is -4.65. The van der Waals surface area contributed by atoms with Crippen LogP contribution < -0.4 is 10.6 Å². The number of nitrogens with zero attached hydrogens (tertiary/aromatic N) is 1. The maximum atomic E-state index is 12.9. The van der Waals surface area contributed by atoms with E-state index in [0.717, 1.165) is 23.3 Å². The molecule has 0 aliphatic carbocycles. The lowest BCUT2D eigenvalue weighted by molar-refractivity contribution is -0.137. The summed E-state index contributed by atoms with van der Waals surface area (Å²) < 4.78 is 38.7. The maximum absolute atomic E-state index is 12.9. The molecule has 0 unspecified atom stereocenters. The molecule has 0 aliphatic heterocycles. The Morgan fingerprint density at radius 2 is 1.96 bits per heavy atom. The van der Waals surface area contributed by atoms with Gasteiger partial charge in [0.2, 0.25) is 0 Å². The first-order valence-electron chi connectivity index (χ1n) is 8.28. The standard InChI is InChI=1S/C20H17ClF3N3O/c1-13-4-2-3-5-14(13)8-9-26-12-15(11-25)19(28)27-16-6-7-18(21)17(10-16)20(22,23)24/h2-7,10,12,26H,8-9H2,1H3,(H,27,28)/b15-12-. The van der Waals surface area contributed by atoms with Crippen molar-refractivity contribution in [2.75, 3.05) is 11.9 Å². The van der Waals surface area contributed by atoms with Crippen molar-refractivity contribution in [1.29, 1.82) is 5.26 Å². The highest BCUT2D eigenvalue weighted by Crippen LogP contribution is 2.36. The van der Waals surface area contributed by atoms with Crippen LogP contribution in [0.15, 0.2) is 54.2 Å². The van der Waals surface area contributed by atoms with Crippen molar-refractivity contribution < 1.29 is 18.0 Å². The number of benzene rings is 2. The maximum Gasteiger partial charge on any atom is 0.417 e. The number of carbonyl (C=O) groups excluding carboxylic acids is 1. The Bertz CT molecular complexity index is 933. The van der Waals surface area contributed by atoms with E-state index in [1.807, 2.05) is 31.2 Å². The number of alkyl halides is 3. The van der Waals surface area contributed by atoms with E-state index >= 15 is 0 Å². The molecular formula is C20H17ClF3N3O. The first kappa shape index (κ1) is 21.3. The number of anilines is 1. The normalized spacial score (nSPS) is 11.6. The summed E-state index contributed by atoms with van der Waals surface area (Å²) in [5.41, 5.74) is 0.837. The van der Waals surface area contributed by atoms with E-state index < -0.39 is 22.7 Å². The molecule has 8 heteroatoms. The molecule has 0 saturated carbocycles. The number of rotatable bonds is 6. The third-order valence-electron chi connectivity index (χ3n) is 3.94. The Labute approximate surface area is 165 Å². The Balaban J connectivity index is 2.01. The van der Waals surface area contributed by atoms with Gasteiger partial charge in [0.05, 0.1) is 10.6 Å². The minimum Gasteiger partial charge on any atom is -0.389 e. The predicted molar refractivity (Wildman–Crippen MR) is 102 cm³/mol. The van der Waals surface area contributed by atoms with Crippen LogP contribution in [0.5, 0.6) is 0 Å². The van der Waals surface area contributed by atoms with Gasteiger partial charge in [0, 0.05) is 18.4 Å². The highest BCUT2D eigenvalue weighted by atomic mass is 35.5. The molecule has 2 rings (SSSR count). The zero-order chi connectivity index (χ0) is 20.7. The topological polar surface area (TPSA) is 64.9 Å². The summed E-state index contributed by atoms with van der Waals surface area (Å²) in [4.78, 5) is 12.2. The largest absolute Gasteiger partial charge is 0.417 e. The smallest absolute Gasteiger partial charge is 0.389 e. The summed E-state index contributed by atoms with van der Waals surface area (Å²) in [7, 11) is 0. The predicted octanol–water partition coefficient (Wildman–Crippen LogP) is 4.85. The van der Waals surface area contributed by atoms with Crippen LogP contribution >= 0.6 is 11.6 Å². The molecule has 4 nitrogen and oxygen atoms in total. The summed E-state index contributed by atoms with van der Waals surface area (Å²) in [6.07, 6.45) is -2.72. The average molecular weight is 408 g/mol. The molecule has 0 bridgehead atoms. The highest BCUT2D eigenvalue weighted by Gasteiger charge is 2.33. The zero-order valence-corrected chi connectivity index (χ0v) is 15.7. The van der Waals surface area contributed by atoms with Crippen LogP contribution in [-0.4, -0.2) is 12.5 Å². The van der Waals surface area contributed by atoms with Crippen molar-refractivity contribution in [2.24, 2.45) is 0 Å². The van der Waals surface area contributed by atoms with E-state index in [1.54, 1.807) is 6.07 Å². The van der Waals surface area contributed by atoms with Crippen LogP contribution in [0, 0.1) is 18.3 Å². The van der Waals surface area contributed by atoms with Crippen molar-refractivity contribution in [2.45, 2.75) is 19.5 Å². The molecule has 1 amide bonds. The van der Waals surface area contributed by atoms with Crippen molar-refractivity contribution >= 4 is 23.2 Å². The number of carbonyl (C=O) groups is 1. The molecule has 0 atom stereocenters. The second kappa shape index (κ2) is 9.29. The van der Waals surface area contributed by atoms with Gasteiger partial charge < -0.3 is 10.6 Å². The summed E-state index contributed by atoms with van der Waals surface area (Å²) in [5, 5.41) is 13.8. The quantitative estimate of drug-likeness (QED) is 0.409. The Morgan fingerprint density at radius 3 is 2.61 bits per heavy atom. The van der Waals surface area contributed by atoms with Crippen molar-refractivity contribution in [3.05, 3.63) is 76.0 Å². The van der Waals surface area contributed by atoms with Gasteiger partial charge in [-0.3, -0.25) is 4.79 Å².